The van der Waals surface area contributed by atoms with E-state index in [0.29, 0.717) is 11.7 Å². The second kappa shape index (κ2) is 7.90. The van der Waals surface area contributed by atoms with Crippen LogP contribution in [0.5, 0.6) is 0 Å². The monoisotopic (exact) mass is 343 g/mol. The summed E-state index contributed by atoms with van der Waals surface area (Å²) < 4.78 is 0. The molecule has 0 unspecified atom stereocenters. The van der Waals surface area contributed by atoms with Gasteiger partial charge in [0.05, 0.1) is 6.54 Å². The minimum absolute atomic E-state index is 0.0247. The maximum atomic E-state index is 12.1. The first-order valence-electron chi connectivity index (χ1n) is 8.66. The molecule has 2 aromatic rings. The van der Waals surface area contributed by atoms with Crippen LogP contribution in [0.15, 0.2) is 36.5 Å². The first-order valence-corrected chi connectivity index (χ1v) is 9.48. The van der Waals surface area contributed by atoms with E-state index in [0.717, 1.165) is 11.4 Å². The normalized spacial score (nSPS) is 16.7. The van der Waals surface area contributed by atoms with E-state index in [4.69, 9.17) is 0 Å². The molecule has 0 aliphatic heterocycles. The van der Waals surface area contributed by atoms with Gasteiger partial charge in [-0.3, -0.25) is 4.79 Å². The van der Waals surface area contributed by atoms with Crippen LogP contribution in [0.4, 0.5) is 5.13 Å². The summed E-state index contributed by atoms with van der Waals surface area (Å²) in [6.07, 6.45) is 8.01. The Bertz CT molecular complexity index is 662. The Kier molecular flexibility index (Phi) is 5.63. The fourth-order valence-electron chi connectivity index (χ4n) is 3.58. The summed E-state index contributed by atoms with van der Waals surface area (Å²) in [5.41, 5.74) is 1.56. The zero-order chi connectivity index (χ0) is 16.8. The van der Waals surface area contributed by atoms with Crippen LogP contribution >= 0.6 is 11.3 Å². The largest absolute Gasteiger partial charge is 0.308 e. The Morgan fingerprint density at radius 2 is 1.96 bits per heavy atom. The average Bonchev–Trinajstić information content (AvgIpc) is 3.01. The van der Waals surface area contributed by atoms with Crippen LogP contribution in [-0.4, -0.2) is 24.0 Å². The summed E-state index contributed by atoms with van der Waals surface area (Å²) in [4.78, 5) is 17.4. The van der Waals surface area contributed by atoms with E-state index in [2.05, 4.69) is 45.9 Å². The standard InChI is InChI=1S/C19H25N3OS/c1-15-12-21-18(24-15)22-17(23)13-20-14-19(10-6-3-7-11-19)16-8-4-2-5-9-16/h2,4-5,8-9,12,20H,3,6-7,10-11,13-14H2,1H3,(H,21,22,23). The molecule has 24 heavy (non-hydrogen) atoms. The van der Waals surface area contributed by atoms with Crippen LogP contribution in [0.25, 0.3) is 0 Å². The average molecular weight is 343 g/mol. The molecule has 5 heteroatoms. The van der Waals surface area contributed by atoms with Gasteiger partial charge in [-0.05, 0) is 25.3 Å². The first-order chi connectivity index (χ1) is 11.7. The molecule has 0 atom stereocenters. The van der Waals surface area contributed by atoms with Crippen LogP contribution in [0, 0.1) is 6.92 Å². The minimum Gasteiger partial charge on any atom is -0.308 e. The van der Waals surface area contributed by atoms with Gasteiger partial charge in [0.2, 0.25) is 5.91 Å². The number of amides is 1. The molecule has 1 aromatic heterocycles. The van der Waals surface area contributed by atoms with Crippen molar-refractivity contribution in [1.82, 2.24) is 10.3 Å². The topological polar surface area (TPSA) is 54.0 Å². The highest BCUT2D eigenvalue weighted by molar-refractivity contribution is 7.15. The Morgan fingerprint density at radius 1 is 1.21 bits per heavy atom. The maximum absolute atomic E-state index is 12.1. The Labute approximate surface area is 147 Å². The van der Waals surface area contributed by atoms with Gasteiger partial charge in [-0.25, -0.2) is 4.98 Å². The molecular weight excluding hydrogens is 318 g/mol. The number of aromatic nitrogens is 1. The third-order valence-corrected chi connectivity index (χ3v) is 5.64. The van der Waals surface area contributed by atoms with Crippen molar-refractivity contribution in [1.29, 1.82) is 0 Å². The molecular formula is C19H25N3OS. The second-order valence-corrected chi connectivity index (χ2v) is 7.87. The van der Waals surface area contributed by atoms with Crippen molar-refractivity contribution >= 4 is 22.4 Å². The number of nitrogens with zero attached hydrogens (tertiary/aromatic N) is 1. The molecule has 1 saturated carbocycles. The molecule has 0 saturated heterocycles. The number of benzene rings is 1. The van der Waals surface area contributed by atoms with E-state index in [-0.39, 0.29) is 11.3 Å². The lowest BCUT2D eigenvalue weighted by Gasteiger charge is -2.38. The summed E-state index contributed by atoms with van der Waals surface area (Å²) >= 11 is 1.50. The Morgan fingerprint density at radius 3 is 2.62 bits per heavy atom. The molecule has 1 aliphatic rings. The summed E-state index contributed by atoms with van der Waals surface area (Å²) in [7, 11) is 0. The predicted molar refractivity (Wildman–Crippen MR) is 99.6 cm³/mol. The number of nitrogens with one attached hydrogen (secondary N) is 2. The fraction of sp³-hybridized carbons (Fsp3) is 0.474. The van der Waals surface area contributed by atoms with Gasteiger partial charge in [-0.2, -0.15) is 0 Å². The van der Waals surface area contributed by atoms with Crippen molar-refractivity contribution in [2.75, 3.05) is 18.4 Å². The van der Waals surface area contributed by atoms with Crippen molar-refractivity contribution in [3.05, 3.63) is 47.0 Å². The van der Waals surface area contributed by atoms with E-state index in [1.54, 1.807) is 6.20 Å². The highest BCUT2D eigenvalue weighted by Crippen LogP contribution is 2.38. The van der Waals surface area contributed by atoms with Gasteiger partial charge >= 0.3 is 0 Å². The van der Waals surface area contributed by atoms with Crippen LogP contribution in [0.3, 0.4) is 0 Å². The minimum atomic E-state index is -0.0247. The fourth-order valence-corrected chi connectivity index (χ4v) is 4.26. The first kappa shape index (κ1) is 17.1. The molecule has 4 nitrogen and oxygen atoms in total. The zero-order valence-electron chi connectivity index (χ0n) is 14.2. The van der Waals surface area contributed by atoms with Crippen molar-refractivity contribution in [2.45, 2.75) is 44.4 Å². The summed E-state index contributed by atoms with van der Waals surface area (Å²) in [5, 5.41) is 6.92. The third kappa shape index (κ3) is 4.22. The van der Waals surface area contributed by atoms with Crippen LogP contribution < -0.4 is 10.6 Å². The lowest BCUT2D eigenvalue weighted by molar-refractivity contribution is -0.115. The number of thiazole rings is 1. The number of rotatable bonds is 6. The number of carbonyl (C=O) groups excluding carboxylic acids is 1. The van der Waals surface area contributed by atoms with E-state index in [1.165, 1.54) is 49.0 Å². The van der Waals surface area contributed by atoms with Gasteiger partial charge in [0, 0.05) is 23.0 Å². The maximum Gasteiger partial charge on any atom is 0.240 e. The molecule has 0 spiro atoms. The summed E-state index contributed by atoms with van der Waals surface area (Å²) in [6, 6.07) is 10.8. The highest BCUT2D eigenvalue weighted by atomic mass is 32.1. The van der Waals surface area contributed by atoms with Crippen molar-refractivity contribution in [3.63, 3.8) is 0 Å². The van der Waals surface area contributed by atoms with Gasteiger partial charge < -0.3 is 10.6 Å². The van der Waals surface area contributed by atoms with E-state index >= 15 is 0 Å². The molecule has 1 aromatic carbocycles. The predicted octanol–water partition coefficient (Wildman–Crippen LogP) is 3.88. The number of carbonyl (C=O) groups is 1. The smallest absolute Gasteiger partial charge is 0.240 e. The van der Waals surface area contributed by atoms with Crippen molar-refractivity contribution < 1.29 is 4.79 Å². The van der Waals surface area contributed by atoms with Gasteiger partial charge in [0.1, 0.15) is 0 Å². The SMILES string of the molecule is Cc1cnc(NC(=O)CNCC2(c3ccccc3)CCCCC2)s1. The summed E-state index contributed by atoms with van der Waals surface area (Å²) in [5.74, 6) is -0.0247. The molecule has 128 valence electrons. The number of hydrogen-bond acceptors (Lipinski definition) is 4. The quantitative estimate of drug-likeness (QED) is 0.837. The molecule has 0 bridgehead atoms. The van der Waals surface area contributed by atoms with E-state index in [1.807, 2.05) is 6.92 Å². The van der Waals surface area contributed by atoms with Gasteiger partial charge in [0.25, 0.3) is 0 Å². The zero-order valence-corrected chi connectivity index (χ0v) is 15.0. The molecule has 1 amide bonds. The van der Waals surface area contributed by atoms with Gasteiger partial charge in [-0.15, -0.1) is 11.3 Å². The third-order valence-electron chi connectivity index (χ3n) is 4.81. The van der Waals surface area contributed by atoms with Crippen LogP contribution in [0.2, 0.25) is 0 Å². The molecule has 1 fully saturated rings. The molecule has 3 rings (SSSR count). The van der Waals surface area contributed by atoms with E-state index < -0.39 is 0 Å². The lowest BCUT2D eigenvalue weighted by Crippen LogP contribution is -2.42. The van der Waals surface area contributed by atoms with E-state index in [9.17, 15) is 4.79 Å². The number of anilines is 1. The Balaban J connectivity index is 1.57. The van der Waals surface area contributed by atoms with Crippen molar-refractivity contribution in [3.8, 4) is 0 Å². The number of aryl methyl sites for hydroxylation is 1. The molecule has 2 N–H and O–H groups in total. The lowest BCUT2D eigenvalue weighted by atomic mass is 9.69. The second-order valence-electron chi connectivity index (χ2n) is 6.63. The summed E-state index contributed by atoms with van der Waals surface area (Å²) in [6.45, 7) is 3.16. The molecule has 1 heterocycles. The van der Waals surface area contributed by atoms with Crippen LogP contribution in [-0.2, 0) is 10.2 Å². The van der Waals surface area contributed by atoms with Crippen molar-refractivity contribution in [2.24, 2.45) is 0 Å². The Hall–Kier alpha value is -1.72. The highest BCUT2D eigenvalue weighted by Gasteiger charge is 2.33. The van der Waals surface area contributed by atoms with Gasteiger partial charge in [-0.1, -0.05) is 49.6 Å². The van der Waals surface area contributed by atoms with Crippen LogP contribution in [0.1, 0.15) is 42.5 Å². The molecule has 0 radical (unpaired) electrons. The van der Waals surface area contributed by atoms with Gasteiger partial charge in [0.15, 0.2) is 5.13 Å². The molecule has 1 aliphatic carbocycles. The number of hydrogen-bond donors (Lipinski definition) is 2.